The highest BCUT2D eigenvalue weighted by atomic mass is 31.2. The maximum absolute atomic E-state index is 12.8. The highest BCUT2D eigenvalue weighted by Crippen LogP contribution is 2.47. The van der Waals surface area contributed by atoms with Crippen molar-refractivity contribution in [2.75, 3.05) is 19.8 Å². The van der Waals surface area contributed by atoms with Crippen LogP contribution in [0.4, 0.5) is 0 Å². The van der Waals surface area contributed by atoms with Gasteiger partial charge < -0.3 is 39.9 Å². The van der Waals surface area contributed by atoms with Gasteiger partial charge in [-0.05, 0) is 57.8 Å². The maximum Gasteiger partial charge on any atom is 0.472 e. The van der Waals surface area contributed by atoms with Gasteiger partial charge in [0.15, 0.2) is 0 Å². The first-order valence-electron chi connectivity index (χ1n) is 23.7. The Labute approximate surface area is 358 Å². The molecule has 1 saturated carbocycles. The number of rotatable bonds is 40. The molecule has 0 aromatic carbocycles. The summed E-state index contributed by atoms with van der Waals surface area (Å²) in [6.07, 6.45) is 29.7. The van der Waals surface area contributed by atoms with Crippen molar-refractivity contribution in [3.8, 4) is 0 Å². The molecular weight excluding hydrogens is 775 g/mol. The van der Waals surface area contributed by atoms with Crippen molar-refractivity contribution in [1.29, 1.82) is 0 Å². The molecule has 0 aromatic rings. The third-order valence-corrected chi connectivity index (χ3v) is 12.0. The van der Waals surface area contributed by atoms with Crippen LogP contribution in [-0.4, -0.2) is 98.9 Å². The van der Waals surface area contributed by atoms with Gasteiger partial charge in [0.2, 0.25) is 0 Å². The lowest BCUT2D eigenvalue weighted by molar-refractivity contribution is -0.220. The predicted molar refractivity (Wildman–Crippen MR) is 235 cm³/mol. The first-order valence-corrected chi connectivity index (χ1v) is 25.2. The number of hydrogen-bond acceptors (Lipinski definition) is 11. The quantitative estimate of drug-likeness (QED) is 0.0148. The standard InChI is InChI=1S/C46H87O12P/c1-3-5-7-9-11-13-15-16-17-18-19-20-21-22-23-24-25-27-29-31-33-35-40(47)57-39(37-55-36-34-32-30-28-26-14-12-10-8-6-4-2)38-56-59(53,54)58-46-44(51)42(49)41(48)43(50)45(46)52/h8,10,18-19,39,41-46,48-52H,3-7,9,11-17,20-38H2,1-2H3,(H,53,54)/b10-8-,19-18-. The summed E-state index contributed by atoms with van der Waals surface area (Å²) in [7, 11) is -5.01. The molecule has 13 heteroatoms. The zero-order valence-electron chi connectivity index (χ0n) is 37.1. The molecule has 1 fully saturated rings. The lowest BCUT2D eigenvalue weighted by atomic mass is 9.85. The first-order chi connectivity index (χ1) is 28.5. The molecule has 1 aliphatic rings. The number of carbonyl (C=O) groups excluding carboxylic acids is 1. The van der Waals surface area contributed by atoms with Crippen LogP contribution in [0.3, 0.4) is 0 Å². The van der Waals surface area contributed by atoms with Crippen LogP contribution in [0.2, 0.25) is 0 Å². The molecule has 0 spiro atoms. The van der Waals surface area contributed by atoms with Gasteiger partial charge in [-0.2, -0.15) is 0 Å². The van der Waals surface area contributed by atoms with E-state index in [-0.39, 0.29) is 13.0 Å². The number of esters is 1. The van der Waals surface area contributed by atoms with Crippen molar-refractivity contribution in [2.24, 2.45) is 0 Å². The third kappa shape index (κ3) is 29.7. The molecule has 12 nitrogen and oxygen atoms in total. The van der Waals surface area contributed by atoms with Crippen LogP contribution in [0.15, 0.2) is 24.3 Å². The lowest BCUT2D eigenvalue weighted by Gasteiger charge is -2.41. The maximum atomic E-state index is 12.8. The van der Waals surface area contributed by atoms with Crippen molar-refractivity contribution in [2.45, 2.75) is 243 Å². The summed E-state index contributed by atoms with van der Waals surface area (Å²) in [4.78, 5) is 23.1. The molecule has 0 aliphatic heterocycles. The zero-order valence-corrected chi connectivity index (χ0v) is 38.0. The summed E-state index contributed by atoms with van der Waals surface area (Å²) in [5.41, 5.74) is 0. The van der Waals surface area contributed by atoms with Crippen molar-refractivity contribution < 1.29 is 58.3 Å². The number of phosphoric ester groups is 1. The minimum Gasteiger partial charge on any atom is -0.457 e. The van der Waals surface area contributed by atoms with Crippen molar-refractivity contribution in [3.05, 3.63) is 24.3 Å². The van der Waals surface area contributed by atoms with E-state index in [1.807, 2.05) is 0 Å². The fourth-order valence-corrected chi connectivity index (χ4v) is 8.21. The summed E-state index contributed by atoms with van der Waals surface area (Å²) in [6, 6.07) is 0. The van der Waals surface area contributed by atoms with Crippen LogP contribution in [0, 0.1) is 0 Å². The molecule has 0 saturated heterocycles. The molecule has 1 rings (SSSR count). The molecular formula is C46H87O12P. The molecule has 6 atom stereocenters. The smallest absolute Gasteiger partial charge is 0.457 e. The van der Waals surface area contributed by atoms with E-state index in [9.17, 15) is 39.8 Å². The molecule has 6 N–H and O–H groups in total. The summed E-state index contributed by atoms with van der Waals surface area (Å²) < 4.78 is 34.1. The number of allylic oxidation sites excluding steroid dienone is 4. The Morgan fingerprint density at radius 1 is 0.525 bits per heavy atom. The fraction of sp³-hybridized carbons (Fsp3) is 0.891. The summed E-state index contributed by atoms with van der Waals surface area (Å²) in [6.45, 7) is 4.19. The Morgan fingerprint density at radius 3 is 1.41 bits per heavy atom. The summed E-state index contributed by atoms with van der Waals surface area (Å²) >= 11 is 0. The number of aliphatic hydroxyl groups excluding tert-OH is 5. The minimum atomic E-state index is -5.01. The third-order valence-electron chi connectivity index (χ3n) is 11.0. The van der Waals surface area contributed by atoms with Gasteiger partial charge >= 0.3 is 13.8 Å². The summed E-state index contributed by atoms with van der Waals surface area (Å²) in [5.74, 6) is -0.481. The molecule has 6 unspecified atom stereocenters. The number of aliphatic hydroxyl groups is 5. The Balaban J connectivity index is 2.33. The van der Waals surface area contributed by atoms with Crippen LogP contribution in [0.1, 0.15) is 200 Å². The van der Waals surface area contributed by atoms with Gasteiger partial charge in [0.1, 0.15) is 42.7 Å². The van der Waals surface area contributed by atoms with E-state index < -0.39 is 63.1 Å². The van der Waals surface area contributed by atoms with E-state index >= 15 is 0 Å². The van der Waals surface area contributed by atoms with Crippen LogP contribution in [0.5, 0.6) is 0 Å². The van der Waals surface area contributed by atoms with E-state index in [1.165, 1.54) is 116 Å². The molecule has 0 radical (unpaired) electrons. The largest absolute Gasteiger partial charge is 0.472 e. The van der Waals surface area contributed by atoms with Crippen molar-refractivity contribution in [3.63, 3.8) is 0 Å². The normalized spacial score (nSPS) is 22.6. The van der Waals surface area contributed by atoms with Crippen molar-refractivity contribution >= 4 is 13.8 Å². The van der Waals surface area contributed by atoms with E-state index in [1.54, 1.807) is 0 Å². The SMILES string of the molecule is CCC/C=C\CCCCCCCCOCC(COP(=O)(O)OC1C(O)C(O)C(O)C(O)C1O)OC(=O)CCCCCCCCCCC/C=C\CCCCCCCCCC. The molecule has 59 heavy (non-hydrogen) atoms. The van der Waals surface area contributed by atoms with Gasteiger partial charge in [-0.25, -0.2) is 4.57 Å². The number of carbonyl (C=O) groups is 1. The topological polar surface area (TPSA) is 192 Å². The molecule has 0 bridgehead atoms. The molecule has 0 aromatic heterocycles. The van der Waals surface area contributed by atoms with Crippen LogP contribution >= 0.6 is 7.82 Å². The zero-order chi connectivity index (χ0) is 43.4. The van der Waals surface area contributed by atoms with Crippen LogP contribution in [-0.2, 0) is 27.9 Å². The number of ether oxygens (including phenoxy) is 2. The molecule has 0 heterocycles. The van der Waals surface area contributed by atoms with Crippen molar-refractivity contribution in [1.82, 2.24) is 0 Å². The second-order valence-electron chi connectivity index (χ2n) is 16.6. The van der Waals surface area contributed by atoms with Gasteiger partial charge in [0, 0.05) is 13.0 Å². The molecule has 1 aliphatic carbocycles. The second kappa shape index (κ2) is 37.4. The Kier molecular flexibility index (Phi) is 35.4. The van der Waals surface area contributed by atoms with Gasteiger partial charge in [-0.3, -0.25) is 13.8 Å². The van der Waals surface area contributed by atoms with Crippen LogP contribution in [0.25, 0.3) is 0 Å². The molecule has 0 amide bonds. The van der Waals surface area contributed by atoms with Gasteiger partial charge in [0.25, 0.3) is 0 Å². The highest BCUT2D eigenvalue weighted by Gasteiger charge is 2.51. The van der Waals surface area contributed by atoms with Gasteiger partial charge in [-0.15, -0.1) is 0 Å². The average Bonchev–Trinajstić information content (AvgIpc) is 3.22. The number of phosphoric acid groups is 1. The average molecular weight is 863 g/mol. The highest BCUT2D eigenvalue weighted by molar-refractivity contribution is 7.47. The Hall–Kier alpha value is -1.18. The van der Waals surface area contributed by atoms with Gasteiger partial charge in [-0.1, -0.05) is 160 Å². The minimum absolute atomic E-state index is 0.0796. The van der Waals surface area contributed by atoms with E-state index in [2.05, 4.69) is 38.2 Å². The van der Waals surface area contributed by atoms with E-state index in [4.69, 9.17) is 18.5 Å². The van der Waals surface area contributed by atoms with Gasteiger partial charge in [0.05, 0.1) is 13.2 Å². The Bertz CT molecular complexity index is 1070. The number of unbranched alkanes of at least 4 members (excludes halogenated alkanes) is 24. The Morgan fingerprint density at radius 2 is 0.932 bits per heavy atom. The molecule has 348 valence electrons. The summed E-state index contributed by atoms with van der Waals surface area (Å²) in [5, 5.41) is 50.1. The first kappa shape index (κ1) is 55.8. The van der Waals surface area contributed by atoms with E-state index in [0.29, 0.717) is 13.0 Å². The number of hydrogen-bond donors (Lipinski definition) is 6. The predicted octanol–water partition coefficient (Wildman–Crippen LogP) is 9.70. The van der Waals surface area contributed by atoms with Crippen LogP contribution < -0.4 is 0 Å². The monoisotopic (exact) mass is 863 g/mol. The second-order valence-corrected chi connectivity index (χ2v) is 18.0. The lowest BCUT2D eigenvalue weighted by Crippen LogP contribution is -2.64. The fourth-order valence-electron chi connectivity index (χ4n) is 7.24. The van der Waals surface area contributed by atoms with E-state index in [0.717, 1.165) is 57.8 Å².